The highest BCUT2D eigenvalue weighted by atomic mass is 19.1. The van der Waals surface area contributed by atoms with Crippen LogP contribution in [0.1, 0.15) is 24.6 Å². The number of rotatable bonds is 6. The van der Waals surface area contributed by atoms with Gasteiger partial charge in [-0.1, -0.05) is 6.07 Å². The van der Waals surface area contributed by atoms with Crippen molar-refractivity contribution in [1.29, 1.82) is 0 Å². The van der Waals surface area contributed by atoms with Gasteiger partial charge in [0.25, 0.3) is 0 Å². The van der Waals surface area contributed by atoms with Crippen molar-refractivity contribution in [3.05, 3.63) is 66.5 Å². The van der Waals surface area contributed by atoms with Crippen LogP contribution in [0.25, 0.3) is 11.3 Å². The molecule has 1 aliphatic rings. The zero-order valence-electron chi connectivity index (χ0n) is 17.3. The Balaban J connectivity index is 1.67. The number of carbonyl (C=O) groups excluding carboxylic acids is 1. The molecular weight excluding hydrogens is 397 g/mol. The smallest absolute Gasteiger partial charge is 0.248 e. The minimum Gasteiger partial charge on any atom is -0.375 e. The lowest BCUT2D eigenvalue weighted by Gasteiger charge is -2.32. The highest BCUT2D eigenvalue weighted by Gasteiger charge is 2.27. The number of benzene rings is 1. The predicted molar refractivity (Wildman–Crippen MR) is 115 cm³/mol. The Hall–Kier alpha value is -3.39. The van der Waals surface area contributed by atoms with Crippen molar-refractivity contribution >= 4 is 17.4 Å². The molecule has 0 aliphatic carbocycles. The number of anilines is 2. The maximum Gasteiger partial charge on any atom is 0.248 e. The zero-order valence-corrected chi connectivity index (χ0v) is 17.3. The molecule has 8 heteroatoms. The molecule has 1 atom stereocenters. The number of ether oxygens (including phenoxy) is 1. The Morgan fingerprint density at radius 3 is 2.94 bits per heavy atom. The van der Waals surface area contributed by atoms with Crippen molar-refractivity contribution in [2.75, 3.05) is 32.1 Å². The number of hydrogen-bond donors (Lipinski definition) is 1. The molecule has 4 rings (SSSR count). The Labute approximate surface area is 180 Å². The molecule has 7 nitrogen and oxygen atoms in total. The van der Waals surface area contributed by atoms with Gasteiger partial charge in [0.05, 0.1) is 5.69 Å². The van der Waals surface area contributed by atoms with Crippen LogP contribution in [0, 0.1) is 5.82 Å². The number of piperidine rings is 1. The lowest BCUT2D eigenvalue weighted by molar-refractivity contribution is -0.136. The summed E-state index contributed by atoms with van der Waals surface area (Å²) in [5.41, 5.74) is 2.18. The molecule has 1 aromatic carbocycles. The first kappa shape index (κ1) is 20.9. The van der Waals surface area contributed by atoms with Crippen LogP contribution in [0.2, 0.25) is 0 Å². The van der Waals surface area contributed by atoms with Gasteiger partial charge in [0.15, 0.2) is 0 Å². The molecule has 2 aromatic heterocycles. The van der Waals surface area contributed by atoms with Gasteiger partial charge in [-0.25, -0.2) is 14.4 Å². The average Bonchev–Trinajstić information content (AvgIpc) is 2.80. The van der Waals surface area contributed by atoms with E-state index >= 15 is 0 Å². The molecule has 0 spiro atoms. The van der Waals surface area contributed by atoms with Crippen molar-refractivity contribution in [3.8, 4) is 11.3 Å². The topological polar surface area (TPSA) is 80.2 Å². The van der Waals surface area contributed by atoms with Crippen LogP contribution >= 0.6 is 0 Å². The number of aromatic nitrogens is 3. The second kappa shape index (κ2) is 9.61. The van der Waals surface area contributed by atoms with Crippen molar-refractivity contribution in [3.63, 3.8) is 0 Å². The van der Waals surface area contributed by atoms with Gasteiger partial charge in [-0.05, 0) is 43.2 Å². The zero-order chi connectivity index (χ0) is 21.6. The Morgan fingerprint density at radius 2 is 2.16 bits per heavy atom. The monoisotopic (exact) mass is 421 g/mol. The molecule has 1 fully saturated rings. The Morgan fingerprint density at radius 1 is 1.26 bits per heavy atom. The third kappa shape index (κ3) is 5.21. The molecule has 160 valence electrons. The van der Waals surface area contributed by atoms with E-state index in [4.69, 9.17) is 14.7 Å². The van der Waals surface area contributed by atoms with E-state index < -0.39 is 0 Å². The molecule has 0 saturated carbocycles. The molecule has 1 saturated heterocycles. The molecule has 3 aromatic rings. The van der Waals surface area contributed by atoms with Gasteiger partial charge in [0, 0.05) is 55.8 Å². The van der Waals surface area contributed by atoms with Gasteiger partial charge < -0.3 is 15.0 Å². The largest absolute Gasteiger partial charge is 0.375 e. The van der Waals surface area contributed by atoms with Crippen LogP contribution in [0.15, 0.2) is 54.9 Å². The van der Waals surface area contributed by atoms with Crippen LogP contribution in [0.5, 0.6) is 0 Å². The number of likely N-dealkylation sites (tertiary alicyclic amines) is 1. The number of nitrogens with zero attached hydrogens (tertiary/aromatic N) is 4. The third-order valence-corrected chi connectivity index (χ3v) is 5.20. The van der Waals surface area contributed by atoms with Crippen LogP contribution in [0.3, 0.4) is 0 Å². The average molecular weight is 421 g/mol. The summed E-state index contributed by atoms with van der Waals surface area (Å²) in [4.78, 5) is 27.8. The first-order valence-electron chi connectivity index (χ1n) is 10.2. The van der Waals surface area contributed by atoms with Crippen molar-refractivity contribution < 1.29 is 13.9 Å². The van der Waals surface area contributed by atoms with Crippen LogP contribution in [0.4, 0.5) is 15.9 Å². The number of hydrogen-bond acceptors (Lipinski definition) is 6. The Kier molecular flexibility index (Phi) is 6.47. The maximum absolute atomic E-state index is 13.6. The van der Waals surface area contributed by atoms with E-state index in [9.17, 15) is 9.18 Å². The van der Waals surface area contributed by atoms with Crippen molar-refractivity contribution in [2.45, 2.75) is 18.8 Å². The molecular formula is C23H24FN5O2. The fourth-order valence-corrected chi connectivity index (χ4v) is 3.72. The number of halogens is 1. The van der Waals surface area contributed by atoms with E-state index in [0.29, 0.717) is 30.4 Å². The lowest BCUT2D eigenvalue weighted by Crippen LogP contribution is -2.41. The summed E-state index contributed by atoms with van der Waals surface area (Å²) in [6.07, 6.45) is 5.20. The normalized spacial score (nSPS) is 16.2. The second-order valence-electron chi connectivity index (χ2n) is 7.49. The molecule has 1 N–H and O–H groups in total. The summed E-state index contributed by atoms with van der Waals surface area (Å²) >= 11 is 0. The van der Waals surface area contributed by atoms with E-state index in [-0.39, 0.29) is 24.2 Å². The molecule has 0 bridgehead atoms. The van der Waals surface area contributed by atoms with E-state index in [1.165, 1.54) is 19.2 Å². The molecule has 3 heterocycles. The van der Waals surface area contributed by atoms with Gasteiger partial charge in [-0.15, -0.1) is 0 Å². The minimum atomic E-state index is -0.327. The van der Waals surface area contributed by atoms with Crippen molar-refractivity contribution in [1.82, 2.24) is 19.9 Å². The number of methoxy groups -OCH3 is 1. The molecule has 31 heavy (non-hydrogen) atoms. The Bertz CT molecular complexity index is 1050. The van der Waals surface area contributed by atoms with Crippen molar-refractivity contribution in [2.24, 2.45) is 0 Å². The minimum absolute atomic E-state index is 0.000706. The van der Waals surface area contributed by atoms with Crippen LogP contribution in [-0.4, -0.2) is 52.6 Å². The maximum atomic E-state index is 13.6. The standard InChI is InChI=1S/C23H24FN5O2/c1-31-15-22(30)29-10-4-6-17(14-29)23-27-20(16-5-3-9-25-13-16)12-21(28-23)26-19-8-2-7-18(24)11-19/h2-3,5,7-9,11-13,17H,4,6,10,14-15H2,1H3,(H,26,27,28)/t17-/m1/s1. The fraction of sp³-hybridized carbons (Fsp3) is 0.304. The summed E-state index contributed by atoms with van der Waals surface area (Å²) in [6.45, 7) is 1.31. The lowest BCUT2D eigenvalue weighted by atomic mass is 9.96. The summed E-state index contributed by atoms with van der Waals surface area (Å²) in [5.74, 6) is 0.851. The highest BCUT2D eigenvalue weighted by molar-refractivity contribution is 5.77. The third-order valence-electron chi connectivity index (χ3n) is 5.20. The first-order chi connectivity index (χ1) is 15.1. The number of amides is 1. The first-order valence-corrected chi connectivity index (χ1v) is 10.2. The fourth-order valence-electron chi connectivity index (χ4n) is 3.72. The quantitative estimate of drug-likeness (QED) is 0.653. The highest BCUT2D eigenvalue weighted by Crippen LogP contribution is 2.29. The van der Waals surface area contributed by atoms with E-state index in [1.807, 2.05) is 18.2 Å². The number of pyridine rings is 1. The van der Waals surface area contributed by atoms with E-state index in [0.717, 1.165) is 24.1 Å². The summed E-state index contributed by atoms with van der Waals surface area (Å²) in [5, 5.41) is 3.18. The number of nitrogens with one attached hydrogen (secondary N) is 1. The van der Waals surface area contributed by atoms with Gasteiger partial charge >= 0.3 is 0 Å². The number of carbonyl (C=O) groups is 1. The summed E-state index contributed by atoms with van der Waals surface area (Å²) in [7, 11) is 1.52. The molecule has 1 aliphatic heterocycles. The van der Waals surface area contributed by atoms with Crippen LogP contribution in [-0.2, 0) is 9.53 Å². The van der Waals surface area contributed by atoms with Crippen LogP contribution < -0.4 is 5.32 Å². The molecule has 0 unspecified atom stereocenters. The van der Waals surface area contributed by atoms with Gasteiger partial charge in [0.2, 0.25) is 5.91 Å². The van der Waals surface area contributed by atoms with Gasteiger partial charge in [0.1, 0.15) is 24.1 Å². The molecule has 0 radical (unpaired) electrons. The van der Waals surface area contributed by atoms with Gasteiger partial charge in [-0.2, -0.15) is 0 Å². The second-order valence-corrected chi connectivity index (χ2v) is 7.49. The SMILES string of the molecule is COCC(=O)N1CCC[C@@H](c2nc(Nc3cccc(F)c3)cc(-c3cccnc3)n2)C1. The predicted octanol–water partition coefficient (Wildman–Crippen LogP) is 3.77. The van der Waals surface area contributed by atoms with E-state index in [2.05, 4.69) is 10.3 Å². The molecule has 1 amide bonds. The van der Waals surface area contributed by atoms with Gasteiger partial charge in [-0.3, -0.25) is 9.78 Å². The summed E-state index contributed by atoms with van der Waals surface area (Å²) in [6, 6.07) is 11.8. The van der Waals surface area contributed by atoms with E-state index in [1.54, 1.807) is 29.4 Å². The summed E-state index contributed by atoms with van der Waals surface area (Å²) < 4.78 is 18.6.